The van der Waals surface area contributed by atoms with E-state index in [2.05, 4.69) is 9.97 Å². The maximum absolute atomic E-state index is 10.4. The molecule has 0 saturated carbocycles. The SMILES string of the molecule is CCN(CC)c1cc(Cl)nc(SCC(=O)[O-])n1. The van der Waals surface area contributed by atoms with Crippen LogP contribution in [0.2, 0.25) is 5.15 Å². The smallest absolute Gasteiger partial charge is 0.191 e. The van der Waals surface area contributed by atoms with Gasteiger partial charge in [0.2, 0.25) is 0 Å². The molecule has 0 spiro atoms. The third kappa shape index (κ3) is 4.40. The number of carboxylic acids is 1. The van der Waals surface area contributed by atoms with Crippen molar-refractivity contribution in [2.45, 2.75) is 19.0 Å². The lowest BCUT2D eigenvalue weighted by molar-refractivity contribution is -0.301. The molecule has 0 aliphatic carbocycles. The lowest BCUT2D eigenvalue weighted by Crippen LogP contribution is -2.25. The second-order valence-electron chi connectivity index (χ2n) is 3.16. The third-order valence-corrected chi connectivity index (χ3v) is 3.08. The molecule has 0 N–H and O–H groups in total. The minimum absolute atomic E-state index is 0.183. The molecular weight excluding hydrogens is 262 g/mol. The van der Waals surface area contributed by atoms with Gasteiger partial charge in [-0.25, -0.2) is 9.97 Å². The van der Waals surface area contributed by atoms with Gasteiger partial charge >= 0.3 is 0 Å². The first-order valence-electron chi connectivity index (χ1n) is 5.19. The Labute approximate surface area is 109 Å². The summed E-state index contributed by atoms with van der Waals surface area (Å²) in [5.41, 5.74) is 0. The van der Waals surface area contributed by atoms with Crippen molar-refractivity contribution in [2.24, 2.45) is 0 Å². The van der Waals surface area contributed by atoms with Crippen LogP contribution >= 0.6 is 23.4 Å². The van der Waals surface area contributed by atoms with Gasteiger partial charge in [0.25, 0.3) is 0 Å². The number of aliphatic carboxylic acids is 1. The summed E-state index contributed by atoms with van der Waals surface area (Å²) in [6.45, 7) is 5.61. The minimum atomic E-state index is -1.15. The van der Waals surface area contributed by atoms with Gasteiger partial charge in [-0.2, -0.15) is 0 Å². The molecule has 0 fully saturated rings. The van der Waals surface area contributed by atoms with Gasteiger partial charge in [0.15, 0.2) is 5.16 Å². The summed E-state index contributed by atoms with van der Waals surface area (Å²) in [5.74, 6) is -0.628. The Morgan fingerprint density at radius 3 is 2.65 bits per heavy atom. The van der Waals surface area contributed by atoms with E-state index in [1.807, 2.05) is 18.7 Å². The summed E-state index contributed by atoms with van der Waals surface area (Å²) < 4.78 is 0. The topological polar surface area (TPSA) is 69.2 Å². The van der Waals surface area contributed by atoms with Crippen LogP contribution in [0.1, 0.15) is 13.8 Å². The van der Waals surface area contributed by atoms with E-state index < -0.39 is 5.97 Å². The van der Waals surface area contributed by atoms with Gasteiger partial charge in [0.05, 0.1) is 5.97 Å². The minimum Gasteiger partial charge on any atom is -0.549 e. The number of aromatic nitrogens is 2. The van der Waals surface area contributed by atoms with Crippen LogP contribution in [0.4, 0.5) is 5.82 Å². The maximum Gasteiger partial charge on any atom is 0.191 e. The normalized spacial score (nSPS) is 10.3. The van der Waals surface area contributed by atoms with Gasteiger partial charge in [0, 0.05) is 24.9 Å². The fourth-order valence-corrected chi connectivity index (χ4v) is 2.08. The first-order chi connectivity index (χ1) is 8.06. The molecule has 5 nitrogen and oxygen atoms in total. The Kier molecular flexibility index (Phi) is 5.50. The van der Waals surface area contributed by atoms with Crippen LogP contribution in [-0.2, 0) is 4.79 Å². The average Bonchev–Trinajstić information content (AvgIpc) is 2.27. The number of carboxylic acid groups (broad SMARTS) is 1. The maximum atomic E-state index is 10.4. The Morgan fingerprint density at radius 2 is 2.12 bits per heavy atom. The summed E-state index contributed by atoms with van der Waals surface area (Å²) in [5, 5.41) is 11.0. The lowest BCUT2D eigenvalue weighted by Gasteiger charge is -2.20. The van der Waals surface area contributed by atoms with E-state index in [-0.39, 0.29) is 5.75 Å². The molecule has 0 unspecified atom stereocenters. The number of halogens is 1. The molecule has 0 saturated heterocycles. The monoisotopic (exact) mass is 274 g/mol. The van der Waals surface area contributed by atoms with Crippen LogP contribution in [0.3, 0.4) is 0 Å². The highest BCUT2D eigenvalue weighted by molar-refractivity contribution is 7.99. The fourth-order valence-electron chi connectivity index (χ4n) is 1.28. The summed E-state index contributed by atoms with van der Waals surface area (Å²) in [6, 6.07) is 1.66. The molecule has 1 heterocycles. The predicted molar refractivity (Wildman–Crippen MR) is 66.3 cm³/mol. The van der Waals surface area contributed by atoms with Crippen molar-refractivity contribution in [3.8, 4) is 0 Å². The number of rotatable bonds is 6. The van der Waals surface area contributed by atoms with Gasteiger partial charge in [0.1, 0.15) is 11.0 Å². The van der Waals surface area contributed by atoms with Gasteiger partial charge in [-0.15, -0.1) is 0 Å². The molecule has 1 aromatic heterocycles. The Balaban J connectivity index is 2.89. The first-order valence-corrected chi connectivity index (χ1v) is 6.55. The van der Waals surface area contributed by atoms with E-state index in [4.69, 9.17) is 11.6 Å². The molecule has 0 atom stereocenters. The molecule has 0 aromatic carbocycles. The summed E-state index contributed by atoms with van der Waals surface area (Å²) in [6.07, 6.45) is 0. The van der Waals surface area contributed by atoms with E-state index in [1.165, 1.54) is 0 Å². The largest absolute Gasteiger partial charge is 0.549 e. The van der Waals surface area contributed by atoms with E-state index in [9.17, 15) is 9.90 Å². The second-order valence-corrected chi connectivity index (χ2v) is 4.49. The number of carbonyl (C=O) groups is 1. The number of nitrogens with zero attached hydrogens (tertiary/aromatic N) is 3. The molecule has 17 heavy (non-hydrogen) atoms. The lowest BCUT2D eigenvalue weighted by atomic mass is 10.4. The highest BCUT2D eigenvalue weighted by atomic mass is 35.5. The first kappa shape index (κ1) is 14.1. The van der Waals surface area contributed by atoms with Gasteiger partial charge in [-0.05, 0) is 13.8 Å². The molecule has 0 amide bonds. The zero-order valence-corrected chi connectivity index (χ0v) is 11.2. The Hall–Kier alpha value is -1.01. The van der Waals surface area contributed by atoms with Crippen LogP contribution in [0.5, 0.6) is 0 Å². The van der Waals surface area contributed by atoms with Gasteiger partial charge in [-0.1, -0.05) is 23.4 Å². The number of carbonyl (C=O) groups excluding carboxylic acids is 1. The van der Waals surface area contributed by atoms with E-state index in [1.54, 1.807) is 6.07 Å². The van der Waals surface area contributed by atoms with Crippen molar-refractivity contribution in [3.05, 3.63) is 11.2 Å². The number of hydrogen-bond donors (Lipinski definition) is 0. The summed E-state index contributed by atoms with van der Waals surface area (Å²) in [7, 11) is 0. The number of hydrogen-bond acceptors (Lipinski definition) is 6. The standard InChI is InChI=1S/C10H14ClN3O2S/c1-3-14(4-2)8-5-7(11)12-10(13-8)17-6-9(15)16/h5H,3-4,6H2,1-2H3,(H,15,16)/p-1. The fraction of sp³-hybridized carbons (Fsp3) is 0.500. The summed E-state index contributed by atoms with van der Waals surface area (Å²) in [4.78, 5) is 20.6. The zero-order chi connectivity index (χ0) is 12.8. The van der Waals surface area contributed by atoms with E-state index >= 15 is 0 Å². The van der Waals surface area contributed by atoms with E-state index in [0.29, 0.717) is 16.1 Å². The highest BCUT2D eigenvalue weighted by Crippen LogP contribution is 2.21. The number of anilines is 1. The van der Waals surface area contributed by atoms with Crippen LogP contribution < -0.4 is 10.0 Å². The zero-order valence-electron chi connectivity index (χ0n) is 9.64. The highest BCUT2D eigenvalue weighted by Gasteiger charge is 2.08. The summed E-state index contributed by atoms with van der Waals surface area (Å²) >= 11 is 6.87. The third-order valence-electron chi connectivity index (χ3n) is 2.07. The molecule has 0 radical (unpaired) electrons. The van der Waals surface area contributed by atoms with Gasteiger partial charge < -0.3 is 14.8 Å². The van der Waals surface area contributed by atoms with Crippen LogP contribution in [0.15, 0.2) is 11.2 Å². The molecule has 1 aromatic rings. The van der Waals surface area contributed by atoms with Crippen LogP contribution in [0, 0.1) is 0 Å². The van der Waals surface area contributed by atoms with Crippen LogP contribution in [-0.4, -0.2) is 34.8 Å². The molecular formula is C10H13ClN3O2S-. The van der Waals surface area contributed by atoms with Crippen molar-refractivity contribution < 1.29 is 9.90 Å². The van der Waals surface area contributed by atoms with Crippen molar-refractivity contribution >= 4 is 35.1 Å². The molecule has 0 aliphatic heterocycles. The molecule has 0 aliphatic rings. The number of thioether (sulfide) groups is 1. The van der Waals surface area contributed by atoms with Crippen molar-refractivity contribution in [1.82, 2.24) is 9.97 Å². The molecule has 94 valence electrons. The average molecular weight is 275 g/mol. The quantitative estimate of drug-likeness (QED) is 0.435. The molecule has 7 heteroatoms. The van der Waals surface area contributed by atoms with E-state index in [0.717, 1.165) is 24.9 Å². The predicted octanol–water partition coefficient (Wildman–Crippen LogP) is 0.818. The Morgan fingerprint density at radius 1 is 1.47 bits per heavy atom. The molecule has 1 rings (SSSR count). The van der Waals surface area contributed by atoms with Crippen molar-refractivity contribution in [1.29, 1.82) is 0 Å². The van der Waals surface area contributed by atoms with Crippen molar-refractivity contribution in [2.75, 3.05) is 23.7 Å². The van der Waals surface area contributed by atoms with Gasteiger partial charge in [-0.3, -0.25) is 0 Å². The molecule has 0 bridgehead atoms. The van der Waals surface area contributed by atoms with Crippen molar-refractivity contribution in [3.63, 3.8) is 0 Å². The second kappa shape index (κ2) is 6.66. The Bertz CT molecular complexity index is 399. The van der Waals surface area contributed by atoms with Crippen LogP contribution in [0.25, 0.3) is 0 Å².